The van der Waals surface area contributed by atoms with Gasteiger partial charge < -0.3 is 10.0 Å². The van der Waals surface area contributed by atoms with Gasteiger partial charge in [0.2, 0.25) is 0 Å². The molecule has 0 bridgehead atoms. The number of hydrogen-bond donors (Lipinski definition) is 1. The summed E-state index contributed by atoms with van der Waals surface area (Å²) in [6.07, 6.45) is 1.42. The third-order valence-electron chi connectivity index (χ3n) is 2.56. The zero-order valence-electron chi connectivity index (χ0n) is 9.67. The Hall–Kier alpha value is -2.43. The average molecular weight is 246 g/mol. The zero-order valence-corrected chi connectivity index (χ0v) is 9.67. The van der Waals surface area contributed by atoms with Crippen molar-refractivity contribution in [3.63, 3.8) is 0 Å². The minimum atomic E-state index is -1.10. The lowest BCUT2D eigenvalue weighted by molar-refractivity contribution is 0.0691. The van der Waals surface area contributed by atoms with Crippen molar-refractivity contribution in [2.24, 2.45) is 0 Å². The number of nitrogens with zero attached hydrogens (tertiary/aromatic N) is 2. The highest BCUT2D eigenvalue weighted by molar-refractivity contribution is 5.93. The number of hydrogen-bond acceptors (Lipinski definition) is 3. The van der Waals surface area contributed by atoms with Gasteiger partial charge in [-0.3, -0.25) is 0 Å². The van der Waals surface area contributed by atoms with E-state index in [0.717, 1.165) is 0 Å². The Bertz CT molecular complexity index is 569. The van der Waals surface area contributed by atoms with Crippen LogP contribution in [0.5, 0.6) is 0 Å². The number of carbonyl (C=O) groups is 1. The molecule has 1 N–H and O–H groups in total. The van der Waals surface area contributed by atoms with Crippen LogP contribution < -0.4 is 4.90 Å². The lowest BCUT2D eigenvalue weighted by Crippen LogP contribution is -2.15. The molecule has 0 aliphatic rings. The largest absolute Gasteiger partial charge is 0.476 e. The van der Waals surface area contributed by atoms with Crippen LogP contribution in [0.1, 0.15) is 10.5 Å². The normalized spacial score (nSPS) is 10.1. The van der Waals surface area contributed by atoms with Gasteiger partial charge in [0.05, 0.1) is 5.69 Å². The maximum atomic E-state index is 12.8. The monoisotopic (exact) mass is 246 g/mol. The fourth-order valence-electron chi connectivity index (χ4n) is 1.64. The Balaban J connectivity index is 2.42. The van der Waals surface area contributed by atoms with E-state index in [1.165, 1.54) is 18.3 Å². The SMILES string of the molecule is CN(c1ccc(F)cc1)c1cccnc1C(=O)O. The number of carboxylic acids is 1. The molecule has 0 saturated heterocycles. The molecule has 1 aromatic carbocycles. The molecule has 1 heterocycles. The van der Waals surface area contributed by atoms with Crippen LogP contribution in [0, 0.1) is 5.82 Å². The minimum absolute atomic E-state index is 0.0377. The first-order valence-electron chi connectivity index (χ1n) is 5.27. The topological polar surface area (TPSA) is 53.4 Å². The highest BCUT2D eigenvalue weighted by Crippen LogP contribution is 2.25. The van der Waals surface area contributed by atoms with Gasteiger partial charge in [0.15, 0.2) is 5.69 Å². The lowest BCUT2D eigenvalue weighted by Gasteiger charge is -2.20. The van der Waals surface area contributed by atoms with Crippen molar-refractivity contribution in [3.05, 3.63) is 54.1 Å². The second-order valence-corrected chi connectivity index (χ2v) is 3.71. The molecular formula is C13H11FN2O2. The minimum Gasteiger partial charge on any atom is -0.476 e. The molecule has 0 amide bonds. The van der Waals surface area contributed by atoms with E-state index in [1.54, 1.807) is 36.2 Å². The first-order valence-corrected chi connectivity index (χ1v) is 5.27. The van der Waals surface area contributed by atoms with Crippen LogP contribution in [0.2, 0.25) is 0 Å². The molecule has 18 heavy (non-hydrogen) atoms. The van der Waals surface area contributed by atoms with E-state index >= 15 is 0 Å². The summed E-state index contributed by atoms with van der Waals surface area (Å²) in [7, 11) is 1.71. The highest BCUT2D eigenvalue weighted by Gasteiger charge is 2.15. The number of benzene rings is 1. The van der Waals surface area contributed by atoms with Crippen molar-refractivity contribution in [2.45, 2.75) is 0 Å². The van der Waals surface area contributed by atoms with E-state index in [4.69, 9.17) is 5.11 Å². The van der Waals surface area contributed by atoms with Crippen LogP contribution in [0.15, 0.2) is 42.6 Å². The zero-order chi connectivity index (χ0) is 13.1. The highest BCUT2D eigenvalue weighted by atomic mass is 19.1. The quantitative estimate of drug-likeness (QED) is 0.904. The van der Waals surface area contributed by atoms with Crippen molar-refractivity contribution >= 4 is 17.3 Å². The molecule has 0 aliphatic carbocycles. The number of pyridine rings is 1. The number of carboxylic acid groups (broad SMARTS) is 1. The van der Waals surface area contributed by atoms with Gasteiger partial charge in [0.25, 0.3) is 0 Å². The van der Waals surface area contributed by atoms with Crippen molar-refractivity contribution in [2.75, 3.05) is 11.9 Å². The fraction of sp³-hybridized carbons (Fsp3) is 0.0769. The molecule has 0 aliphatic heterocycles. The van der Waals surface area contributed by atoms with Crippen LogP contribution >= 0.6 is 0 Å². The number of anilines is 2. The molecule has 1 aromatic heterocycles. The molecule has 0 saturated carbocycles. The van der Waals surface area contributed by atoms with Gasteiger partial charge in [0.1, 0.15) is 5.82 Å². The summed E-state index contributed by atoms with van der Waals surface area (Å²) < 4.78 is 12.8. The van der Waals surface area contributed by atoms with Gasteiger partial charge in [-0.15, -0.1) is 0 Å². The van der Waals surface area contributed by atoms with Crippen molar-refractivity contribution in [1.82, 2.24) is 4.98 Å². The second-order valence-electron chi connectivity index (χ2n) is 3.71. The smallest absolute Gasteiger partial charge is 0.356 e. The molecule has 2 rings (SSSR count). The number of halogens is 1. The Morgan fingerprint density at radius 2 is 1.94 bits per heavy atom. The van der Waals surface area contributed by atoms with Gasteiger partial charge >= 0.3 is 5.97 Å². The Morgan fingerprint density at radius 1 is 1.28 bits per heavy atom. The summed E-state index contributed by atoms with van der Waals surface area (Å²) in [4.78, 5) is 16.5. The maximum Gasteiger partial charge on any atom is 0.356 e. The summed E-state index contributed by atoms with van der Waals surface area (Å²) in [5.74, 6) is -1.43. The maximum absolute atomic E-state index is 12.8. The number of aromatic carboxylic acids is 1. The Morgan fingerprint density at radius 3 is 2.56 bits per heavy atom. The molecule has 2 aromatic rings. The van der Waals surface area contributed by atoms with Gasteiger partial charge in [0, 0.05) is 18.9 Å². The number of aromatic nitrogens is 1. The summed E-state index contributed by atoms with van der Waals surface area (Å²) in [6, 6.07) is 9.11. The van der Waals surface area contributed by atoms with E-state index in [1.807, 2.05) is 0 Å². The second kappa shape index (κ2) is 4.83. The average Bonchev–Trinajstić information content (AvgIpc) is 2.39. The van der Waals surface area contributed by atoms with Crippen LogP contribution in [0.3, 0.4) is 0 Å². The van der Waals surface area contributed by atoms with Crippen molar-refractivity contribution in [1.29, 1.82) is 0 Å². The molecule has 5 heteroatoms. The number of rotatable bonds is 3. The molecule has 0 spiro atoms. The van der Waals surface area contributed by atoms with Gasteiger partial charge in [-0.25, -0.2) is 14.2 Å². The van der Waals surface area contributed by atoms with E-state index in [2.05, 4.69) is 4.98 Å². The standard InChI is InChI=1S/C13H11FN2O2/c1-16(10-6-4-9(14)5-7-10)11-3-2-8-15-12(11)13(17)18/h2-8H,1H3,(H,17,18). The van der Waals surface area contributed by atoms with Gasteiger partial charge in [-0.05, 0) is 36.4 Å². The van der Waals surface area contributed by atoms with Crippen molar-refractivity contribution in [3.8, 4) is 0 Å². The Labute approximate surface area is 103 Å². The fourth-order valence-corrected chi connectivity index (χ4v) is 1.64. The van der Waals surface area contributed by atoms with E-state index in [-0.39, 0.29) is 11.5 Å². The van der Waals surface area contributed by atoms with Gasteiger partial charge in [-0.1, -0.05) is 0 Å². The molecule has 0 atom stereocenters. The Kier molecular flexibility index (Phi) is 3.23. The first kappa shape index (κ1) is 12.0. The van der Waals surface area contributed by atoms with Crippen LogP contribution in [-0.2, 0) is 0 Å². The third kappa shape index (κ3) is 2.29. The predicted octanol–water partition coefficient (Wildman–Crippen LogP) is 2.69. The summed E-state index contributed by atoms with van der Waals surface area (Å²) >= 11 is 0. The molecule has 0 radical (unpaired) electrons. The van der Waals surface area contributed by atoms with Crippen LogP contribution in [-0.4, -0.2) is 23.1 Å². The predicted molar refractivity (Wildman–Crippen MR) is 65.7 cm³/mol. The van der Waals surface area contributed by atoms with Crippen LogP contribution in [0.25, 0.3) is 0 Å². The van der Waals surface area contributed by atoms with E-state index in [9.17, 15) is 9.18 Å². The summed E-state index contributed by atoms with van der Waals surface area (Å²) in [6.45, 7) is 0. The van der Waals surface area contributed by atoms with Crippen LogP contribution in [0.4, 0.5) is 15.8 Å². The third-order valence-corrected chi connectivity index (χ3v) is 2.56. The molecular weight excluding hydrogens is 235 g/mol. The molecule has 92 valence electrons. The molecule has 0 unspecified atom stereocenters. The first-order chi connectivity index (χ1) is 8.59. The van der Waals surface area contributed by atoms with E-state index in [0.29, 0.717) is 11.4 Å². The summed E-state index contributed by atoms with van der Waals surface area (Å²) in [5.41, 5.74) is 1.10. The van der Waals surface area contributed by atoms with E-state index < -0.39 is 5.97 Å². The van der Waals surface area contributed by atoms with Crippen molar-refractivity contribution < 1.29 is 14.3 Å². The van der Waals surface area contributed by atoms with Gasteiger partial charge in [-0.2, -0.15) is 0 Å². The molecule has 4 nitrogen and oxygen atoms in total. The summed E-state index contributed by atoms with van der Waals surface area (Å²) in [5, 5.41) is 9.06. The molecule has 0 fully saturated rings. The lowest BCUT2D eigenvalue weighted by atomic mass is 10.2.